The Bertz CT molecular complexity index is 767. The van der Waals surface area contributed by atoms with Crippen molar-refractivity contribution in [3.63, 3.8) is 0 Å². The largest absolute Gasteiger partial charge is 0.381 e. The lowest BCUT2D eigenvalue weighted by Crippen LogP contribution is -2.48. The summed E-state index contributed by atoms with van der Waals surface area (Å²) in [5.41, 5.74) is 1.07. The molecule has 0 bridgehead atoms. The van der Waals surface area contributed by atoms with E-state index in [2.05, 4.69) is 14.8 Å². The number of halogens is 1. The highest BCUT2D eigenvalue weighted by Gasteiger charge is 2.28. The van der Waals surface area contributed by atoms with Gasteiger partial charge in [0, 0.05) is 64.3 Å². The van der Waals surface area contributed by atoms with E-state index in [4.69, 9.17) is 4.74 Å². The lowest BCUT2D eigenvalue weighted by Gasteiger charge is -2.38. The van der Waals surface area contributed by atoms with E-state index in [1.807, 2.05) is 7.05 Å². The number of nitrogens with zero attached hydrogens (tertiary/aromatic N) is 4. The van der Waals surface area contributed by atoms with Gasteiger partial charge in [-0.25, -0.2) is 9.37 Å². The van der Waals surface area contributed by atoms with Crippen LogP contribution >= 0.6 is 0 Å². The van der Waals surface area contributed by atoms with E-state index in [1.54, 1.807) is 29.1 Å². The zero-order chi connectivity index (χ0) is 18.8. The fraction of sp³-hybridized carbons (Fsp3) is 0.550. The third-order valence-electron chi connectivity index (χ3n) is 5.64. The van der Waals surface area contributed by atoms with Crippen LogP contribution in [0.15, 0.2) is 30.6 Å². The molecule has 0 amide bonds. The van der Waals surface area contributed by atoms with Crippen molar-refractivity contribution in [2.24, 2.45) is 13.0 Å². The summed E-state index contributed by atoms with van der Waals surface area (Å²) in [5.74, 6) is 0.839. The summed E-state index contributed by atoms with van der Waals surface area (Å²) < 4.78 is 22.0. The average molecular weight is 374 g/mol. The molecule has 2 aliphatic heterocycles. The number of aryl methyl sites for hydroxylation is 1. The Kier molecular flexibility index (Phi) is 5.43. The molecule has 0 spiro atoms. The Morgan fingerprint density at radius 3 is 2.78 bits per heavy atom. The van der Waals surface area contributed by atoms with E-state index >= 15 is 0 Å². The second-order valence-electron chi connectivity index (χ2n) is 7.49. The van der Waals surface area contributed by atoms with Gasteiger partial charge in [-0.1, -0.05) is 12.1 Å². The van der Waals surface area contributed by atoms with E-state index < -0.39 is 6.10 Å². The molecule has 0 aliphatic carbocycles. The molecule has 3 heterocycles. The quantitative estimate of drug-likeness (QED) is 0.865. The molecular formula is C20H27FN4O2. The summed E-state index contributed by atoms with van der Waals surface area (Å²) in [5, 5.41) is 10.8. The van der Waals surface area contributed by atoms with Gasteiger partial charge in [0.25, 0.3) is 0 Å². The molecule has 0 radical (unpaired) electrons. The first-order valence-electron chi connectivity index (χ1n) is 9.62. The van der Waals surface area contributed by atoms with Gasteiger partial charge in [-0.2, -0.15) is 0 Å². The monoisotopic (exact) mass is 374 g/mol. The predicted molar refractivity (Wildman–Crippen MR) is 101 cm³/mol. The fourth-order valence-electron chi connectivity index (χ4n) is 4.11. The van der Waals surface area contributed by atoms with Gasteiger partial charge in [-0.3, -0.25) is 4.90 Å². The first-order chi connectivity index (χ1) is 13.1. The lowest BCUT2D eigenvalue weighted by atomic mass is 10.0. The highest BCUT2D eigenvalue weighted by atomic mass is 19.1. The Morgan fingerprint density at radius 1 is 1.30 bits per heavy atom. The molecule has 146 valence electrons. The number of anilines is 1. The summed E-state index contributed by atoms with van der Waals surface area (Å²) in [6.45, 7) is 6.05. The smallest absolute Gasteiger partial charge is 0.146 e. The molecule has 2 atom stereocenters. The molecule has 1 N–H and O–H groups in total. The highest BCUT2D eigenvalue weighted by Crippen LogP contribution is 2.33. The van der Waals surface area contributed by atoms with Crippen LogP contribution < -0.4 is 4.90 Å². The van der Waals surface area contributed by atoms with Crippen LogP contribution in [0.5, 0.6) is 0 Å². The van der Waals surface area contributed by atoms with Crippen LogP contribution in [0, 0.1) is 11.7 Å². The van der Waals surface area contributed by atoms with Crippen molar-refractivity contribution in [3.05, 3.63) is 47.8 Å². The molecule has 0 saturated carbocycles. The number of aliphatic hydroxyl groups excluding tert-OH is 1. The molecule has 1 aromatic heterocycles. The van der Waals surface area contributed by atoms with Crippen molar-refractivity contribution >= 4 is 5.69 Å². The van der Waals surface area contributed by atoms with Crippen molar-refractivity contribution in [1.82, 2.24) is 14.5 Å². The minimum Gasteiger partial charge on any atom is -0.381 e. The van der Waals surface area contributed by atoms with E-state index in [0.29, 0.717) is 23.0 Å². The third-order valence-corrected chi connectivity index (χ3v) is 5.64. The second kappa shape index (κ2) is 7.96. The number of ether oxygens (including phenoxy) is 1. The Balaban J connectivity index is 1.50. The van der Waals surface area contributed by atoms with Gasteiger partial charge in [-0.05, 0) is 18.4 Å². The fourth-order valence-corrected chi connectivity index (χ4v) is 4.11. The summed E-state index contributed by atoms with van der Waals surface area (Å²) in [6.07, 6.45) is 3.60. The molecule has 7 heteroatoms. The van der Waals surface area contributed by atoms with Crippen molar-refractivity contribution in [2.75, 3.05) is 50.8 Å². The van der Waals surface area contributed by atoms with Crippen molar-refractivity contribution in [1.29, 1.82) is 0 Å². The molecule has 1 aromatic carbocycles. The number of imidazole rings is 1. The maximum absolute atomic E-state index is 14.8. The second-order valence-corrected chi connectivity index (χ2v) is 7.49. The summed E-state index contributed by atoms with van der Waals surface area (Å²) in [7, 11) is 1.83. The van der Waals surface area contributed by atoms with Crippen molar-refractivity contribution < 1.29 is 14.2 Å². The molecule has 2 aromatic rings. The maximum Gasteiger partial charge on any atom is 0.146 e. The van der Waals surface area contributed by atoms with Crippen LogP contribution in [-0.2, 0) is 11.8 Å². The van der Waals surface area contributed by atoms with Crippen LogP contribution in [0.2, 0.25) is 0 Å². The number of hydrogen-bond acceptors (Lipinski definition) is 5. The van der Waals surface area contributed by atoms with Crippen LogP contribution in [0.25, 0.3) is 0 Å². The van der Waals surface area contributed by atoms with Crippen LogP contribution in [0.1, 0.15) is 23.9 Å². The zero-order valence-electron chi connectivity index (χ0n) is 15.7. The standard InChI is InChI=1S/C20H27FN4O2/c1-23-7-6-22-20(23)19(26)16-3-2-4-17(21)18(16)25-10-8-24(9-11-25)13-15-5-12-27-14-15/h2-4,6-7,15,19,26H,5,8-14H2,1H3. The average Bonchev–Trinajstić information content (AvgIpc) is 3.33. The Labute approximate surface area is 159 Å². The normalized spacial score (nSPS) is 22.3. The van der Waals surface area contributed by atoms with Crippen molar-refractivity contribution in [2.45, 2.75) is 12.5 Å². The van der Waals surface area contributed by atoms with Crippen LogP contribution in [0.3, 0.4) is 0 Å². The molecule has 2 fully saturated rings. The Morgan fingerprint density at radius 2 is 2.11 bits per heavy atom. The molecule has 2 unspecified atom stereocenters. The minimum absolute atomic E-state index is 0.293. The maximum atomic E-state index is 14.8. The number of aliphatic hydroxyl groups is 1. The summed E-state index contributed by atoms with van der Waals surface area (Å²) >= 11 is 0. The van der Waals surface area contributed by atoms with Gasteiger partial charge in [0.15, 0.2) is 0 Å². The van der Waals surface area contributed by atoms with E-state index in [9.17, 15) is 9.50 Å². The predicted octanol–water partition coefficient (Wildman–Crippen LogP) is 1.80. The van der Waals surface area contributed by atoms with Crippen LogP contribution in [0.4, 0.5) is 10.1 Å². The third kappa shape index (κ3) is 3.85. The van der Waals surface area contributed by atoms with Crippen LogP contribution in [-0.4, -0.2) is 65.5 Å². The number of piperazine rings is 1. The van der Waals surface area contributed by atoms with Gasteiger partial charge in [0.05, 0.1) is 12.3 Å². The first-order valence-corrected chi connectivity index (χ1v) is 9.62. The first kappa shape index (κ1) is 18.4. The number of benzene rings is 1. The van der Waals surface area contributed by atoms with Gasteiger partial charge >= 0.3 is 0 Å². The summed E-state index contributed by atoms with van der Waals surface area (Å²) in [6, 6.07) is 4.91. The van der Waals surface area contributed by atoms with Crippen molar-refractivity contribution in [3.8, 4) is 0 Å². The van der Waals surface area contributed by atoms with E-state index in [-0.39, 0.29) is 5.82 Å². The highest BCUT2D eigenvalue weighted by molar-refractivity contribution is 5.57. The molecule has 2 saturated heterocycles. The Hall–Kier alpha value is -1.96. The topological polar surface area (TPSA) is 53.8 Å². The number of rotatable bonds is 5. The minimum atomic E-state index is -0.954. The van der Waals surface area contributed by atoms with Gasteiger partial charge in [0.2, 0.25) is 0 Å². The molecule has 2 aliphatic rings. The molecule has 4 rings (SSSR count). The van der Waals surface area contributed by atoms with Gasteiger partial charge in [-0.15, -0.1) is 0 Å². The molecular weight excluding hydrogens is 347 g/mol. The zero-order valence-corrected chi connectivity index (χ0v) is 15.7. The number of aromatic nitrogens is 2. The van der Waals surface area contributed by atoms with Gasteiger partial charge in [0.1, 0.15) is 17.7 Å². The molecule has 27 heavy (non-hydrogen) atoms. The lowest BCUT2D eigenvalue weighted by molar-refractivity contribution is 0.164. The van der Waals surface area contributed by atoms with Gasteiger partial charge < -0.3 is 19.3 Å². The van der Waals surface area contributed by atoms with E-state index in [0.717, 1.165) is 52.4 Å². The summed E-state index contributed by atoms with van der Waals surface area (Å²) in [4.78, 5) is 8.72. The van der Waals surface area contributed by atoms with E-state index in [1.165, 1.54) is 6.07 Å². The number of hydrogen-bond donors (Lipinski definition) is 1. The number of para-hydroxylation sites is 1. The molecule has 6 nitrogen and oxygen atoms in total. The SMILES string of the molecule is Cn1ccnc1C(O)c1cccc(F)c1N1CCN(CC2CCOC2)CC1.